The number of hydrogen-bond donors (Lipinski definition) is 0. The van der Waals surface area contributed by atoms with Crippen LogP contribution in [-0.4, -0.2) is 44.4 Å². The molecule has 1 aromatic heterocycles. The average molecular weight is 309 g/mol. The molecule has 0 spiro atoms. The van der Waals surface area contributed by atoms with Crippen molar-refractivity contribution in [2.45, 2.75) is 22.6 Å². The Bertz CT molecular complexity index is 539. The fourth-order valence-electron chi connectivity index (χ4n) is 2.13. The van der Waals surface area contributed by atoms with Crippen molar-refractivity contribution in [3.8, 4) is 0 Å². The Kier molecular flexibility index (Phi) is 4.22. The fourth-order valence-corrected chi connectivity index (χ4v) is 3.94. The molecule has 2 saturated heterocycles. The quantitative estimate of drug-likeness (QED) is 0.317. The molecule has 10 heteroatoms. The van der Waals surface area contributed by atoms with Crippen molar-refractivity contribution < 1.29 is 48.7 Å². The third kappa shape index (κ3) is 2.02. The molecule has 1 amide bonds. The Balaban J connectivity index is 0.00000133. The van der Waals surface area contributed by atoms with E-state index in [4.69, 9.17) is 4.42 Å². The first-order valence-corrected chi connectivity index (χ1v) is 7.40. The Hall–Kier alpha value is -0.220. The van der Waals surface area contributed by atoms with Gasteiger partial charge < -0.3 is 19.2 Å². The molecule has 2 aliphatic rings. The van der Waals surface area contributed by atoms with Crippen LogP contribution in [0.3, 0.4) is 0 Å². The zero-order chi connectivity index (χ0) is 12.9. The molecule has 0 radical (unpaired) electrons. The average Bonchev–Trinajstić information content (AvgIpc) is 2.90. The Labute approximate surface area is 139 Å². The van der Waals surface area contributed by atoms with Gasteiger partial charge in [-0.05, 0) is 6.26 Å². The number of carboxylic acids is 1. The van der Waals surface area contributed by atoms with Crippen LogP contribution in [0.15, 0.2) is 9.64 Å². The van der Waals surface area contributed by atoms with E-state index in [0.29, 0.717) is 6.42 Å². The van der Waals surface area contributed by atoms with Gasteiger partial charge in [-0.25, -0.2) is 0 Å². The summed E-state index contributed by atoms with van der Waals surface area (Å²) in [4.78, 5) is 24.4. The second-order valence-electron chi connectivity index (χ2n) is 3.96. The van der Waals surface area contributed by atoms with E-state index in [0.717, 1.165) is 0 Å². The van der Waals surface area contributed by atoms with Gasteiger partial charge in [-0.15, -0.1) is 22.0 Å². The molecule has 0 aliphatic carbocycles. The molecule has 96 valence electrons. The Morgan fingerprint density at radius 1 is 1.63 bits per heavy atom. The van der Waals surface area contributed by atoms with Crippen LogP contribution < -0.4 is 34.7 Å². The maximum absolute atomic E-state index is 11.6. The normalized spacial score (nSPS) is 28.6. The first-order valence-electron chi connectivity index (χ1n) is 5.13. The van der Waals surface area contributed by atoms with Crippen LogP contribution in [0.4, 0.5) is 0 Å². The SMILES string of the molecule is CSc1nnc(C2(C(=O)[O-])CS[C@@H]3CC(=O)N32)o1.[Na+]. The topological polar surface area (TPSA) is 99.4 Å². The minimum Gasteiger partial charge on any atom is -0.547 e. The van der Waals surface area contributed by atoms with E-state index in [2.05, 4.69) is 10.2 Å². The summed E-state index contributed by atoms with van der Waals surface area (Å²) in [5.41, 5.74) is -1.61. The third-order valence-corrected chi connectivity index (χ3v) is 4.94. The number of aromatic nitrogens is 2. The summed E-state index contributed by atoms with van der Waals surface area (Å²) in [6.07, 6.45) is 2.09. The maximum atomic E-state index is 11.6. The number of carboxylic acid groups (broad SMARTS) is 1. The molecule has 3 rings (SSSR count). The van der Waals surface area contributed by atoms with Gasteiger partial charge in [-0.1, -0.05) is 11.8 Å². The summed E-state index contributed by atoms with van der Waals surface area (Å²) in [5, 5.41) is 19.1. The predicted octanol–water partition coefficient (Wildman–Crippen LogP) is -3.95. The molecule has 0 bridgehead atoms. The molecule has 2 aliphatic heterocycles. The molecule has 2 atom stereocenters. The number of carbonyl (C=O) groups excluding carboxylic acids is 2. The van der Waals surface area contributed by atoms with Crippen LogP contribution in [0.2, 0.25) is 0 Å². The number of aliphatic carboxylic acids is 1. The standard InChI is InChI=1S/C9H9N3O4S2.Na/c1-17-8-11-10-6(16-8)9(7(14)15)3-18-5-2-4(13)12(5)9;/h5H,2-3H2,1H3,(H,14,15);/q;+1/p-1/t5-,9?;/m1./s1. The van der Waals surface area contributed by atoms with Gasteiger partial charge in [0.05, 0.1) is 17.8 Å². The zero-order valence-electron chi connectivity index (χ0n) is 10.3. The summed E-state index contributed by atoms with van der Waals surface area (Å²) in [6, 6.07) is 0. The Morgan fingerprint density at radius 3 is 2.89 bits per heavy atom. The molecule has 0 aromatic carbocycles. The van der Waals surface area contributed by atoms with Crippen molar-refractivity contribution in [1.29, 1.82) is 0 Å². The van der Waals surface area contributed by atoms with E-state index in [1.54, 1.807) is 6.26 Å². The molecule has 3 heterocycles. The van der Waals surface area contributed by atoms with Gasteiger partial charge in [0.2, 0.25) is 11.8 Å². The van der Waals surface area contributed by atoms with E-state index in [1.807, 2.05) is 0 Å². The van der Waals surface area contributed by atoms with Gasteiger partial charge >= 0.3 is 29.6 Å². The fraction of sp³-hybridized carbons (Fsp3) is 0.556. The number of hydrogen-bond acceptors (Lipinski definition) is 8. The molecule has 19 heavy (non-hydrogen) atoms. The van der Waals surface area contributed by atoms with Crippen molar-refractivity contribution in [2.75, 3.05) is 12.0 Å². The molecule has 0 N–H and O–H groups in total. The second kappa shape index (κ2) is 5.28. The number of carbonyl (C=O) groups is 2. The second-order valence-corrected chi connectivity index (χ2v) is 5.88. The van der Waals surface area contributed by atoms with Crippen LogP contribution in [-0.2, 0) is 15.1 Å². The van der Waals surface area contributed by atoms with Gasteiger partial charge in [0.25, 0.3) is 5.22 Å². The van der Waals surface area contributed by atoms with Crippen molar-refractivity contribution in [2.24, 2.45) is 0 Å². The van der Waals surface area contributed by atoms with Crippen molar-refractivity contribution >= 4 is 35.4 Å². The molecule has 1 unspecified atom stereocenters. The number of β-lactam (4-membered cyclic amide) rings is 1. The zero-order valence-corrected chi connectivity index (χ0v) is 13.9. The van der Waals surface area contributed by atoms with Crippen LogP contribution >= 0.6 is 23.5 Å². The number of thioether (sulfide) groups is 2. The van der Waals surface area contributed by atoms with Gasteiger partial charge in [0.1, 0.15) is 0 Å². The number of fused-ring (bicyclic) bond motifs is 1. The largest absolute Gasteiger partial charge is 1.00 e. The summed E-state index contributed by atoms with van der Waals surface area (Å²) >= 11 is 2.61. The number of nitrogens with zero attached hydrogens (tertiary/aromatic N) is 3. The van der Waals surface area contributed by atoms with Crippen LogP contribution in [0, 0.1) is 0 Å². The third-order valence-electron chi connectivity index (χ3n) is 3.07. The molecule has 0 saturated carbocycles. The van der Waals surface area contributed by atoms with Crippen molar-refractivity contribution in [3.05, 3.63) is 5.89 Å². The van der Waals surface area contributed by atoms with E-state index >= 15 is 0 Å². The summed E-state index contributed by atoms with van der Waals surface area (Å²) in [5.74, 6) is -1.49. The van der Waals surface area contributed by atoms with Crippen molar-refractivity contribution in [1.82, 2.24) is 15.1 Å². The predicted molar refractivity (Wildman–Crippen MR) is 60.5 cm³/mol. The Morgan fingerprint density at radius 2 is 2.37 bits per heavy atom. The van der Waals surface area contributed by atoms with Crippen molar-refractivity contribution in [3.63, 3.8) is 0 Å². The molecular formula is C9H8N3NaO4S2. The first-order chi connectivity index (χ1) is 8.59. The van der Waals surface area contributed by atoms with Gasteiger partial charge in [-0.3, -0.25) is 4.79 Å². The van der Waals surface area contributed by atoms with Crippen LogP contribution in [0.1, 0.15) is 12.3 Å². The van der Waals surface area contributed by atoms with E-state index in [9.17, 15) is 14.7 Å². The number of rotatable bonds is 3. The summed E-state index contributed by atoms with van der Waals surface area (Å²) < 4.78 is 5.30. The number of amides is 1. The maximum Gasteiger partial charge on any atom is 1.00 e. The van der Waals surface area contributed by atoms with E-state index < -0.39 is 11.5 Å². The first kappa shape index (κ1) is 15.2. The summed E-state index contributed by atoms with van der Waals surface area (Å²) in [7, 11) is 0. The van der Waals surface area contributed by atoms with Gasteiger partial charge in [-0.2, -0.15) is 0 Å². The minimum absolute atomic E-state index is 0. The monoisotopic (exact) mass is 309 g/mol. The smallest absolute Gasteiger partial charge is 0.547 e. The van der Waals surface area contributed by atoms with E-state index in [-0.39, 0.29) is 57.7 Å². The van der Waals surface area contributed by atoms with Crippen LogP contribution in [0.25, 0.3) is 0 Å². The molecule has 1 aromatic rings. The molecule has 7 nitrogen and oxygen atoms in total. The molecular weight excluding hydrogens is 301 g/mol. The molecule has 2 fully saturated rings. The van der Waals surface area contributed by atoms with Gasteiger partial charge in [0.15, 0.2) is 5.54 Å². The van der Waals surface area contributed by atoms with Crippen LogP contribution in [0.5, 0.6) is 0 Å². The summed E-state index contributed by atoms with van der Waals surface area (Å²) in [6.45, 7) is 0. The minimum atomic E-state index is -1.61. The van der Waals surface area contributed by atoms with E-state index in [1.165, 1.54) is 28.4 Å². The van der Waals surface area contributed by atoms with Gasteiger partial charge in [0, 0.05) is 5.75 Å².